The number of carbonyl (C=O) groups is 2. The Morgan fingerprint density at radius 3 is 1.94 bits per heavy atom. The number of piperidine rings is 2. The summed E-state index contributed by atoms with van der Waals surface area (Å²) >= 11 is 0. The molecule has 0 bridgehead atoms. The molecule has 3 aliphatic heterocycles. The molecule has 4 heterocycles. The van der Waals surface area contributed by atoms with Gasteiger partial charge in [-0.2, -0.15) is 15.0 Å². The fraction of sp³-hybridized carbons (Fsp3) is 0.424. The van der Waals surface area contributed by atoms with Crippen molar-refractivity contribution < 1.29 is 19.1 Å². The van der Waals surface area contributed by atoms with Crippen LogP contribution in [0.1, 0.15) is 35.2 Å². The number of ketones is 1. The zero-order chi connectivity index (χ0) is 33.6. The van der Waals surface area contributed by atoms with Crippen molar-refractivity contribution in [3.8, 4) is 0 Å². The van der Waals surface area contributed by atoms with Crippen LogP contribution in [0.2, 0.25) is 0 Å². The number of benzene rings is 2. The largest absolute Gasteiger partial charge is 0.462 e. The number of amides is 1. The van der Waals surface area contributed by atoms with Crippen LogP contribution in [-0.4, -0.2) is 89.8 Å². The van der Waals surface area contributed by atoms with Crippen LogP contribution in [0.25, 0.3) is 0 Å². The summed E-state index contributed by atoms with van der Waals surface area (Å²) in [5, 5.41) is 6.15. The molecule has 0 saturated carbocycles. The highest BCUT2D eigenvalue weighted by Gasteiger charge is 2.29. The average Bonchev–Trinajstić information content (AvgIpc) is 3.60. The number of Topliss-reactive ketones (excluding diaryl/α,β-unsaturated/α-hetero) is 1. The van der Waals surface area contributed by atoms with Crippen molar-refractivity contribution in [2.24, 2.45) is 22.9 Å². The van der Waals surface area contributed by atoms with Crippen LogP contribution in [0.3, 0.4) is 0 Å². The summed E-state index contributed by atoms with van der Waals surface area (Å²) in [5.41, 5.74) is 27.1. The summed E-state index contributed by atoms with van der Waals surface area (Å²) in [6, 6.07) is 15.6. The van der Waals surface area contributed by atoms with Gasteiger partial charge >= 0.3 is 0 Å². The first-order chi connectivity index (χ1) is 23.2. The van der Waals surface area contributed by atoms with Gasteiger partial charge in [0.05, 0.1) is 12.5 Å². The number of nitrogens with two attached hydrogens (primary N) is 4. The smallest absolute Gasteiger partial charge is 0.233 e. The number of nitrogens with zero attached hydrogens (tertiary/aromatic N) is 5. The highest BCUT2D eigenvalue weighted by molar-refractivity contribution is 6.07. The number of nitrogens with one attached hydrogen (secondary N) is 2. The van der Waals surface area contributed by atoms with Crippen LogP contribution < -0.4 is 43.4 Å². The minimum Gasteiger partial charge on any atom is -0.462 e. The molecular formula is C33H43N11O4. The van der Waals surface area contributed by atoms with Crippen LogP contribution in [-0.2, 0) is 20.7 Å². The van der Waals surface area contributed by atoms with E-state index in [1.165, 1.54) is 6.26 Å². The predicted molar refractivity (Wildman–Crippen MR) is 181 cm³/mol. The summed E-state index contributed by atoms with van der Waals surface area (Å²) in [5.74, 6) is 0.987. The van der Waals surface area contributed by atoms with E-state index < -0.39 is 11.9 Å². The van der Waals surface area contributed by atoms with Crippen molar-refractivity contribution in [2.75, 3.05) is 48.1 Å². The topological polar surface area (TPSA) is 226 Å². The zero-order valence-corrected chi connectivity index (χ0v) is 26.7. The Morgan fingerprint density at radius 2 is 1.40 bits per heavy atom. The standard InChI is InChI=1S/C33H43N11O4/c34-22-11-23(35)15-43(14-22)32-40-31(41-33(42-32)44-16-24(36)12-25(37)17-44)38-26-8-6-21(7-9-26)28(45)13-30(46)39-27(29-18-47-19-48-29)10-20-4-2-1-3-5-20/h1-9,18,22-25,27H,10-17,19,34-37H2,(H,39,46)(H,38,40,41,42)/t22-,23+,24-,25+,27?. The molecule has 0 aliphatic carbocycles. The average molecular weight is 658 g/mol. The minimum absolute atomic E-state index is 0.0874. The highest BCUT2D eigenvalue weighted by atomic mass is 16.7. The van der Waals surface area contributed by atoms with E-state index in [1.54, 1.807) is 24.3 Å². The molecule has 254 valence electrons. The van der Waals surface area contributed by atoms with Crippen LogP contribution in [0, 0.1) is 0 Å². The van der Waals surface area contributed by atoms with E-state index in [4.69, 9.17) is 37.4 Å². The molecule has 15 heteroatoms. The molecule has 2 saturated heterocycles. The summed E-state index contributed by atoms with van der Waals surface area (Å²) < 4.78 is 10.7. The van der Waals surface area contributed by atoms with Crippen molar-refractivity contribution in [3.63, 3.8) is 0 Å². The van der Waals surface area contributed by atoms with Gasteiger partial charge in [0.2, 0.25) is 30.5 Å². The Morgan fingerprint density at radius 1 is 0.812 bits per heavy atom. The van der Waals surface area contributed by atoms with Crippen LogP contribution in [0.4, 0.5) is 23.5 Å². The lowest BCUT2D eigenvalue weighted by Crippen LogP contribution is -2.54. The molecule has 2 fully saturated rings. The van der Waals surface area contributed by atoms with E-state index in [1.807, 2.05) is 40.1 Å². The number of hydrogen-bond donors (Lipinski definition) is 6. The maximum Gasteiger partial charge on any atom is 0.233 e. The molecule has 10 N–H and O–H groups in total. The number of hydrogen-bond acceptors (Lipinski definition) is 14. The lowest BCUT2D eigenvalue weighted by Gasteiger charge is -2.37. The normalized spacial score (nSPS) is 23.0. The number of carbonyl (C=O) groups excluding carboxylic acids is 2. The quantitative estimate of drug-likeness (QED) is 0.122. The number of ether oxygens (including phenoxy) is 2. The van der Waals surface area contributed by atoms with E-state index in [2.05, 4.69) is 20.6 Å². The van der Waals surface area contributed by atoms with Crippen molar-refractivity contribution in [3.05, 3.63) is 77.7 Å². The zero-order valence-electron chi connectivity index (χ0n) is 26.7. The van der Waals surface area contributed by atoms with Gasteiger partial charge in [-0.1, -0.05) is 30.3 Å². The fourth-order valence-corrected chi connectivity index (χ4v) is 6.25. The van der Waals surface area contributed by atoms with Crippen LogP contribution in [0.5, 0.6) is 0 Å². The van der Waals surface area contributed by atoms with E-state index in [9.17, 15) is 9.59 Å². The maximum atomic E-state index is 13.1. The molecule has 3 aliphatic rings. The molecule has 2 aromatic carbocycles. The van der Waals surface area contributed by atoms with Crippen molar-refractivity contribution in [2.45, 2.75) is 55.9 Å². The first-order valence-corrected chi connectivity index (χ1v) is 16.1. The summed E-state index contributed by atoms with van der Waals surface area (Å²) in [6.07, 6.45) is 3.10. The van der Waals surface area contributed by atoms with E-state index >= 15 is 0 Å². The Bertz CT molecular complexity index is 1540. The third-order valence-electron chi connectivity index (χ3n) is 8.45. The van der Waals surface area contributed by atoms with Crippen molar-refractivity contribution >= 4 is 35.2 Å². The molecule has 6 rings (SSSR count). The van der Waals surface area contributed by atoms with Crippen molar-refractivity contribution in [1.82, 2.24) is 20.3 Å². The molecule has 1 amide bonds. The SMILES string of the molecule is N[C@@H]1C[C@H](N)CN(c2nc(Nc3ccc(C(=O)CC(=O)NC(Cc4ccccc4)C4=COCO4)cc3)nc(N3C[C@H](N)C[C@H](N)C3)n2)C1. The first-order valence-electron chi connectivity index (χ1n) is 16.1. The monoisotopic (exact) mass is 657 g/mol. The summed E-state index contributed by atoms with van der Waals surface area (Å²) in [7, 11) is 0. The first kappa shape index (κ1) is 33.1. The van der Waals surface area contributed by atoms with E-state index in [0.717, 1.165) is 18.4 Å². The Labute approximate surface area is 279 Å². The van der Waals surface area contributed by atoms with Gasteiger partial charge in [0.25, 0.3) is 0 Å². The van der Waals surface area contributed by atoms with Gasteiger partial charge in [-0.3, -0.25) is 9.59 Å². The van der Waals surface area contributed by atoms with Crippen molar-refractivity contribution in [1.29, 1.82) is 0 Å². The Hall–Kier alpha value is -4.83. The second kappa shape index (κ2) is 14.9. The molecular weight excluding hydrogens is 614 g/mol. The predicted octanol–water partition coefficient (Wildman–Crippen LogP) is 0.491. The van der Waals surface area contributed by atoms with Gasteiger partial charge in [-0.15, -0.1) is 0 Å². The van der Waals surface area contributed by atoms with Gasteiger partial charge in [0.15, 0.2) is 11.5 Å². The van der Waals surface area contributed by atoms with Crippen LogP contribution in [0.15, 0.2) is 66.6 Å². The second-order valence-corrected chi connectivity index (χ2v) is 12.6. The minimum atomic E-state index is -0.468. The molecule has 0 spiro atoms. The summed E-state index contributed by atoms with van der Waals surface area (Å²) in [6.45, 7) is 2.33. The molecule has 48 heavy (non-hydrogen) atoms. The molecule has 5 atom stereocenters. The number of aromatic nitrogens is 3. The molecule has 0 radical (unpaired) electrons. The van der Waals surface area contributed by atoms with Gasteiger partial charge in [-0.05, 0) is 42.7 Å². The second-order valence-electron chi connectivity index (χ2n) is 12.6. The molecule has 3 aromatic rings. The third-order valence-corrected chi connectivity index (χ3v) is 8.45. The van der Waals surface area contributed by atoms with Crippen LogP contribution >= 0.6 is 0 Å². The van der Waals surface area contributed by atoms with E-state index in [0.29, 0.717) is 67.5 Å². The molecule has 15 nitrogen and oxygen atoms in total. The van der Waals surface area contributed by atoms with Gasteiger partial charge in [0.1, 0.15) is 6.26 Å². The number of anilines is 4. The van der Waals surface area contributed by atoms with Gasteiger partial charge < -0.3 is 52.8 Å². The lowest BCUT2D eigenvalue weighted by molar-refractivity contribution is -0.121. The fourth-order valence-electron chi connectivity index (χ4n) is 6.25. The third kappa shape index (κ3) is 8.55. The van der Waals surface area contributed by atoms with E-state index in [-0.39, 0.29) is 43.2 Å². The van der Waals surface area contributed by atoms with Gasteiger partial charge in [-0.25, -0.2) is 0 Å². The molecule has 1 aromatic heterocycles. The lowest BCUT2D eigenvalue weighted by atomic mass is 10.0. The maximum absolute atomic E-state index is 13.1. The summed E-state index contributed by atoms with van der Waals surface area (Å²) in [4.78, 5) is 44.1. The Kier molecular flexibility index (Phi) is 10.3. The van der Waals surface area contributed by atoms with Gasteiger partial charge in [0, 0.05) is 68.0 Å². The number of rotatable bonds is 11. The Balaban J connectivity index is 1.13. The molecule has 1 unspecified atom stereocenters. The highest BCUT2D eigenvalue weighted by Crippen LogP contribution is 2.24.